The lowest BCUT2D eigenvalue weighted by Gasteiger charge is -2.26. The molecule has 7 nitrogen and oxygen atoms in total. The SMILES string of the molecule is O=C(C=Cc1cnccc1-c1ccc(=O)[nH]c1)Nc1ccc(CN2CCOCC2)cc1. The van der Waals surface area contributed by atoms with Gasteiger partial charge in [0.05, 0.1) is 13.2 Å². The standard InChI is InChI=1S/C24H24N4O3/c29-23-7-3-20(16-26-23)22-9-10-25-15-19(22)4-8-24(30)27-21-5-1-18(2-6-21)17-28-11-13-31-14-12-28/h1-10,15-16H,11-14,17H2,(H,26,29)(H,27,30). The third-order valence-electron chi connectivity index (χ3n) is 5.09. The quantitative estimate of drug-likeness (QED) is 0.604. The second-order valence-corrected chi connectivity index (χ2v) is 7.31. The van der Waals surface area contributed by atoms with Gasteiger partial charge in [-0.3, -0.25) is 19.5 Å². The van der Waals surface area contributed by atoms with Gasteiger partial charge in [0.1, 0.15) is 0 Å². The highest BCUT2D eigenvalue weighted by Gasteiger charge is 2.10. The Morgan fingerprint density at radius 1 is 1.13 bits per heavy atom. The van der Waals surface area contributed by atoms with Gasteiger partial charge in [0.2, 0.25) is 11.5 Å². The van der Waals surface area contributed by atoms with Gasteiger partial charge in [-0.1, -0.05) is 12.1 Å². The van der Waals surface area contributed by atoms with Crippen molar-refractivity contribution in [3.63, 3.8) is 0 Å². The van der Waals surface area contributed by atoms with Gasteiger partial charge in [0.15, 0.2) is 0 Å². The Labute approximate surface area is 180 Å². The van der Waals surface area contributed by atoms with Crippen molar-refractivity contribution in [1.82, 2.24) is 14.9 Å². The molecule has 0 atom stereocenters. The first-order valence-corrected chi connectivity index (χ1v) is 10.2. The summed E-state index contributed by atoms with van der Waals surface area (Å²) in [7, 11) is 0. The Balaban J connectivity index is 1.39. The highest BCUT2D eigenvalue weighted by molar-refractivity contribution is 6.02. The Kier molecular flexibility index (Phi) is 6.66. The van der Waals surface area contributed by atoms with E-state index in [9.17, 15) is 9.59 Å². The Hall–Kier alpha value is -3.55. The lowest BCUT2D eigenvalue weighted by Crippen LogP contribution is -2.35. The number of nitrogens with zero attached hydrogens (tertiary/aromatic N) is 2. The van der Waals surface area contributed by atoms with Crippen LogP contribution in [0, 0.1) is 0 Å². The molecule has 1 aliphatic rings. The van der Waals surface area contributed by atoms with E-state index in [0.717, 1.165) is 55.2 Å². The molecule has 7 heteroatoms. The van der Waals surface area contributed by atoms with Crippen LogP contribution in [-0.4, -0.2) is 47.1 Å². The van der Waals surface area contributed by atoms with Crippen LogP contribution in [0.5, 0.6) is 0 Å². The molecule has 158 valence electrons. The highest BCUT2D eigenvalue weighted by atomic mass is 16.5. The predicted molar refractivity (Wildman–Crippen MR) is 120 cm³/mol. The van der Waals surface area contributed by atoms with Gasteiger partial charge in [0.25, 0.3) is 0 Å². The van der Waals surface area contributed by atoms with Crippen LogP contribution in [0.1, 0.15) is 11.1 Å². The molecule has 0 spiro atoms. The number of carbonyl (C=O) groups excluding carboxylic acids is 1. The molecule has 0 bridgehead atoms. The first kappa shape index (κ1) is 20.7. The number of benzene rings is 1. The zero-order valence-electron chi connectivity index (χ0n) is 17.1. The molecule has 0 saturated carbocycles. The third kappa shape index (κ3) is 5.75. The minimum absolute atomic E-state index is 0.162. The molecule has 3 heterocycles. The Morgan fingerprint density at radius 3 is 2.68 bits per heavy atom. The summed E-state index contributed by atoms with van der Waals surface area (Å²) in [6.45, 7) is 4.33. The number of aromatic amines is 1. The van der Waals surface area contributed by atoms with E-state index in [1.807, 2.05) is 30.3 Å². The summed E-state index contributed by atoms with van der Waals surface area (Å²) in [5.41, 5.74) is 4.29. The molecule has 0 aliphatic carbocycles. The number of pyridine rings is 2. The van der Waals surface area contributed by atoms with E-state index in [4.69, 9.17) is 4.74 Å². The number of amides is 1. The van der Waals surface area contributed by atoms with E-state index in [0.29, 0.717) is 0 Å². The van der Waals surface area contributed by atoms with Crippen LogP contribution in [0.15, 0.2) is 71.9 Å². The van der Waals surface area contributed by atoms with Crippen LogP contribution in [0.4, 0.5) is 5.69 Å². The molecule has 1 saturated heterocycles. The number of carbonyl (C=O) groups is 1. The maximum atomic E-state index is 12.4. The molecule has 1 amide bonds. The fourth-order valence-electron chi connectivity index (χ4n) is 3.44. The van der Waals surface area contributed by atoms with Crippen LogP contribution < -0.4 is 10.9 Å². The number of hydrogen-bond donors (Lipinski definition) is 2. The summed E-state index contributed by atoms with van der Waals surface area (Å²) in [6.07, 6.45) is 8.21. The summed E-state index contributed by atoms with van der Waals surface area (Å²) in [6, 6.07) is 12.9. The van der Waals surface area contributed by atoms with E-state index >= 15 is 0 Å². The largest absolute Gasteiger partial charge is 0.379 e. The monoisotopic (exact) mass is 416 g/mol. The highest BCUT2D eigenvalue weighted by Crippen LogP contribution is 2.22. The van der Waals surface area contributed by atoms with Crippen LogP contribution >= 0.6 is 0 Å². The first-order valence-electron chi connectivity index (χ1n) is 10.2. The first-order chi connectivity index (χ1) is 15.2. The number of ether oxygens (including phenoxy) is 1. The van der Waals surface area contributed by atoms with E-state index in [1.165, 1.54) is 17.7 Å². The number of H-pyrrole nitrogens is 1. The average molecular weight is 416 g/mol. The number of anilines is 1. The van der Waals surface area contributed by atoms with Gasteiger partial charge >= 0.3 is 0 Å². The summed E-state index contributed by atoms with van der Waals surface area (Å²) in [4.78, 5) is 32.9. The maximum Gasteiger partial charge on any atom is 0.248 e. The van der Waals surface area contributed by atoms with Crippen LogP contribution in [0.25, 0.3) is 17.2 Å². The number of hydrogen-bond acceptors (Lipinski definition) is 5. The molecular weight excluding hydrogens is 392 g/mol. The number of nitrogens with one attached hydrogen (secondary N) is 2. The zero-order chi connectivity index (χ0) is 21.5. The van der Waals surface area contributed by atoms with E-state index in [2.05, 4.69) is 20.2 Å². The van der Waals surface area contributed by atoms with Crippen molar-refractivity contribution in [2.24, 2.45) is 0 Å². The molecule has 1 aromatic carbocycles. The van der Waals surface area contributed by atoms with Crippen LogP contribution in [-0.2, 0) is 16.1 Å². The zero-order valence-corrected chi connectivity index (χ0v) is 17.1. The molecule has 2 N–H and O–H groups in total. The van der Waals surface area contributed by atoms with Crippen molar-refractivity contribution in [3.05, 3.63) is 88.6 Å². The molecule has 31 heavy (non-hydrogen) atoms. The van der Waals surface area contributed by atoms with E-state index in [1.54, 1.807) is 30.7 Å². The molecule has 2 aromatic heterocycles. The second kappa shape index (κ2) is 9.97. The van der Waals surface area contributed by atoms with Crippen LogP contribution in [0.2, 0.25) is 0 Å². The van der Waals surface area contributed by atoms with E-state index < -0.39 is 0 Å². The van der Waals surface area contributed by atoms with Gasteiger partial charge in [-0.05, 0) is 47.0 Å². The number of aromatic nitrogens is 2. The van der Waals surface area contributed by atoms with Crippen molar-refractivity contribution in [2.75, 3.05) is 31.6 Å². The van der Waals surface area contributed by atoms with Gasteiger partial charge < -0.3 is 15.0 Å². The topological polar surface area (TPSA) is 87.3 Å². The predicted octanol–water partition coefficient (Wildman–Crippen LogP) is 2.92. The van der Waals surface area contributed by atoms with Crippen molar-refractivity contribution in [3.8, 4) is 11.1 Å². The Bertz CT molecular complexity index is 1100. The second-order valence-electron chi connectivity index (χ2n) is 7.31. The Morgan fingerprint density at radius 2 is 1.94 bits per heavy atom. The molecular formula is C24H24N4O3. The molecule has 4 rings (SSSR count). The number of rotatable bonds is 6. The third-order valence-corrected chi connectivity index (χ3v) is 5.09. The van der Waals surface area contributed by atoms with Gasteiger partial charge in [-0.2, -0.15) is 0 Å². The average Bonchev–Trinajstić information content (AvgIpc) is 2.80. The lowest BCUT2D eigenvalue weighted by atomic mass is 10.0. The van der Waals surface area contributed by atoms with Gasteiger partial charge in [-0.15, -0.1) is 0 Å². The van der Waals surface area contributed by atoms with Crippen molar-refractivity contribution >= 4 is 17.7 Å². The van der Waals surface area contributed by atoms with Crippen LogP contribution in [0.3, 0.4) is 0 Å². The molecule has 1 aliphatic heterocycles. The fraction of sp³-hybridized carbons (Fsp3) is 0.208. The lowest BCUT2D eigenvalue weighted by molar-refractivity contribution is -0.111. The summed E-state index contributed by atoms with van der Waals surface area (Å²) in [5.74, 6) is -0.225. The fourth-order valence-corrected chi connectivity index (χ4v) is 3.44. The minimum Gasteiger partial charge on any atom is -0.379 e. The van der Waals surface area contributed by atoms with Crippen molar-refractivity contribution < 1.29 is 9.53 Å². The van der Waals surface area contributed by atoms with E-state index in [-0.39, 0.29) is 11.5 Å². The van der Waals surface area contributed by atoms with Crippen molar-refractivity contribution in [1.29, 1.82) is 0 Å². The molecule has 1 fully saturated rings. The van der Waals surface area contributed by atoms with Crippen molar-refractivity contribution in [2.45, 2.75) is 6.54 Å². The van der Waals surface area contributed by atoms with Gasteiger partial charge in [-0.25, -0.2) is 0 Å². The summed E-state index contributed by atoms with van der Waals surface area (Å²) < 4.78 is 5.38. The molecule has 0 unspecified atom stereocenters. The normalized spacial score (nSPS) is 14.6. The molecule has 3 aromatic rings. The summed E-state index contributed by atoms with van der Waals surface area (Å²) >= 11 is 0. The summed E-state index contributed by atoms with van der Waals surface area (Å²) in [5, 5.41) is 2.88. The maximum absolute atomic E-state index is 12.4. The minimum atomic E-state index is -0.225. The molecule has 0 radical (unpaired) electrons. The smallest absolute Gasteiger partial charge is 0.248 e. The number of morpholine rings is 1. The van der Waals surface area contributed by atoms with Gasteiger partial charge in [0, 0.05) is 61.6 Å².